The molecular formula is C22H28ClN3O3. The molecule has 0 bridgehead atoms. The molecule has 2 amide bonds. The lowest BCUT2D eigenvalue weighted by Gasteiger charge is -2.35. The SMILES string of the molecule is CCCNC(=O)C1CN(CC)c2ccc(C)cc2O1.O=CNc1cccc(Cl)c1. The minimum absolute atomic E-state index is 0.0209. The van der Waals surface area contributed by atoms with E-state index in [1.807, 2.05) is 19.9 Å². The van der Waals surface area contributed by atoms with E-state index >= 15 is 0 Å². The summed E-state index contributed by atoms with van der Waals surface area (Å²) >= 11 is 5.62. The monoisotopic (exact) mass is 417 g/mol. The molecule has 0 saturated carbocycles. The van der Waals surface area contributed by atoms with Gasteiger partial charge in [-0.15, -0.1) is 0 Å². The number of hydrogen-bond donors (Lipinski definition) is 2. The molecule has 6 nitrogen and oxygen atoms in total. The Balaban J connectivity index is 0.000000253. The van der Waals surface area contributed by atoms with Gasteiger partial charge in [0.2, 0.25) is 6.41 Å². The number of hydrogen-bond acceptors (Lipinski definition) is 4. The number of carbonyl (C=O) groups excluding carboxylic acids is 2. The first-order valence-corrected chi connectivity index (χ1v) is 10.1. The largest absolute Gasteiger partial charge is 0.477 e. The average molecular weight is 418 g/mol. The standard InChI is InChI=1S/C15H22N2O2.C7H6ClNO/c1-4-8-16-15(18)14-10-17(5-2)12-7-6-11(3)9-13(12)19-14;8-6-2-1-3-7(4-6)9-5-10/h6-7,9,14H,4-5,8,10H2,1-3H3,(H,16,18);1-5H,(H,9,10). The molecule has 0 spiro atoms. The lowest BCUT2D eigenvalue weighted by molar-refractivity contribution is -0.127. The molecule has 0 aromatic heterocycles. The van der Waals surface area contributed by atoms with Crippen molar-refractivity contribution in [2.75, 3.05) is 29.9 Å². The zero-order chi connectivity index (χ0) is 21.2. The summed E-state index contributed by atoms with van der Waals surface area (Å²) in [5.74, 6) is 0.789. The lowest BCUT2D eigenvalue weighted by atomic mass is 10.1. The summed E-state index contributed by atoms with van der Waals surface area (Å²) < 4.78 is 5.85. The molecule has 0 radical (unpaired) electrons. The van der Waals surface area contributed by atoms with Gasteiger partial charge in [0.05, 0.1) is 12.2 Å². The Kier molecular flexibility index (Phi) is 8.80. The third-order valence-electron chi connectivity index (χ3n) is 4.39. The average Bonchev–Trinajstić information content (AvgIpc) is 2.71. The molecule has 29 heavy (non-hydrogen) atoms. The van der Waals surface area contributed by atoms with E-state index in [1.165, 1.54) is 0 Å². The van der Waals surface area contributed by atoms with E-state index in [4.69, 9.17) is 16.3 Å². The molecule has 1 atom stereocenters. The molecule has 1 heterocycles. The van der Waals surface area contributed by atoms with Gasteiger partial charge < -0.3 is 20.3 Å². The first-order chi connectivity index (χ1) is 14.0. The van der Waals surface area contributed by atoms with Crippen molar-refractivity contribution in [2.24, 2.45) is 0 Å². The number of rotatable bonds is 6. The highest BCUT2D eigenvalue weighted by Crippen LogP contribution is 2.34. The minimum atomic E-state index is -0.416. The van der Waals surface area contributed by atoms with Gasteiger partial charge in [-0.25, -0.2) is 0 Å². The van der Waals surface area contributed by atoms with E-state index in [0.717, 1.165) is 30.0 Å². The third-order valence-corrected chi connectivity index (χ3v) is 4.62. The maximum absolute atomic E-state index is 12.1. The van der Waals surface area contributed by atoms with Gasteiger partial charge in [-0.05, 0) is 56.2 Å². The van der Waals surface area contributed by atoms with Crippen molar-refractivity contribution in [3.63, 3.8) is 0 Å². The van der Waals surface area contributed by atoms with Gasteiger partial charge in [0.25, 0.3) is 5.91 Å². The van der Waals surface area contributed by atoms with Crippen LogP contribution in [-0.4, -0.2) is 38.1 Å². The van der Waals surface area contributed by atoms with Gasteiger partial charge in [-0.2, -0.15) is 0 Å². The molecule has 2 N–H and O–H groups in total. The van der Waals surface area contributed by atoms with Gasteiger partial charge in [-0.3, -0.25) is 9.59 Å². The van der Waals surface area contributed by atoms with Gasteiger partial charge in [0, 0.05) is 23.8 Å². The van der Waals surface area contributed by atoms with Crippen LogP contribution in [0, 0.1) is 6.92 Å². The van der Waals surface area contributed by atoms with Crippen molar-refractivity contribution in [2.45, 2.75) is 33.3 Å². The Hall–Kier alpha value is -2.73. The first-order valence-electron chi connectivity index (χ1n) is 9.74. The second-order valence-electron chi connectivity index (χ2n) is 6.68. The van der Waals surface area contributed by atoms with Crippen LogP contribution < -0.4 is 20.3 Å². The summed E-state index contributed by atoms with van der Waals surface area (Å²) in [6.45, 7) is 8.35. The van der Waals surface area contributed by atoms with Gasteiger partial charge in [-0.1, -0.05) is 30.7 Å². The van der Waals surface area contributed by atoms with E-state index in [1.54, 1.807) is 24.3 Å². The normalized spacial score (nSPS) is 14.6. The van der Waals surface area contributed by atoms with Crippen LogP contribution in [0.5, 0.6) is 5.75 Å². The van der Waals surface area contributed by atoms with Crippen molar-refractivity contribution in [3.05, 3.63) is 53.1 Å². The Morgan fingerprint density at radius 2 is 2.07 bits per heavy atom. The number of likely N-dealkylation sites (N-methyl/N-ethyl adjacent to an activating group) is 1. The number of nitrogens with zero attached hydrogens (tertiary/aromatic N) is 1. The van der Waals surface area contributed by atoms with E-state index < -0.39 is 6.10 Å². The topological polar surface area (TPSA) is 70.7 Å². The molecule has 2 aromatic carbocycles. The zero-order valence-corrected chi connectivity index (χ0v) is 17.8. The highest BCUT2D eigenvalue weighted by atomic mass is 35.5. The quantitative estimate of drug-likeness (QED) is 0.696. The number of fused-ring (bicyclic) bond motifs is 1. The number of nitrogens with one attached hydrogen (secondary N) is 2. The summed E-state index contributed by atoms with van der Waals surface area (Å²) in [5.41, 5.74) is 2.93. The summed E-state index contributed by atoms with van der Waals surface area (Å²) in [6.07, 6.45) is 1.14. The van der Waals surface area contributed by atoms with E-state index in [2.05, 4.69) is 34.6 Å². The fraction of sp³-hybridized carbons (Fsp3) is 0.364. The lowest BCUT2D eigenvalue weighted by Crippen LogP contribution is -2.49. The molecule has 156 valence electrons. The number of ether oxygens (including phenoxy) is 1. The van der Waals surface area contributed by atoms with Crippen LogP contribution >= 0.6 is 11.6 Å². The molecule has 0 fully saturated rings. The fourth-order valence-electron chi connectivity index (χ4n) is 2.91. The number of aryl methyl sites for hydroxylation is 1. The molecule has 2 aromatic rings. The number of anilines is 2. The van der Waals surface area contributed by atoms with Gasteiger partial charge in [0.1, 0.15) is 5.75 Å². The Morgan fingerprint density at radius 3 is 2.72 bits per heavy atom. The van der Waals surface area contributed by atoms with Gasteiger partial charge in [0.15, 0.2) is 6.10 Å². The second-order valence-corrected chi connectivity index (χ2v) is 7.12. The number of benzene rings is 2. The molecule has 1 aliphatic heterocycles. The molecule has 1 aliphatic rings. The second kappa shape index (κ2) is 11.3. The molecule has 0 aliphatic carbocycles. The molecule has 3 rings (SSSR count). The van der Waals surface area contributed by atoms with Crippen molar-refractivity contribution in [1.82, 2.24) is 5.32 Å². The van der Waals surface area contributed by atoms with Crippen molar-refractivity contribution in [3.8, 4) is 5.75 Å². The number of amides is 2. The zero-order valence-electron chi connectivity index (χ0n) is 17.1. The summed E-state index contributed by atoms with van der Waals surface area (Å²) in [4.78, 5) is 24.2. The Morgan fingerprint density at radius 1 is 1.28 bits per heavy atom. The van der Waals surface area contributed by atoms with Crippen LogP contribution in [-0.2, 0) is 9.59 Å². The predicted octanol–water partition coefficient (Wildman–Crippen LogP) is 4.02. The van der Waals surface area contributed by atoms with Crippen molar-refractivity contribution in [1.29, 1.82) is 0 Å². The fourth-order valence-corrected chi connectivity index (χ4v) is 3.10. The molecule has 7 heteroatoms. The van der Waals surface area contributed by atoms with Gasteiger partial charge >= 0.3 is 0 Å². The predicted molar refractivity (Wildman–Crippen MR) is 118 cm³/mol. The summed E-state index contributed by atoms with van der Waals surface area (Å²) in [5, 5.41) is 6.00. The maximum Gasteiger partial charge on any atom is 0.262 e. The van der Waals surface area contributed by atoms with E-state index in [-0.39, 0.29) is 5.91 Å². The number of halogens is 1. The van der Waals surface area contributed by atoms with Crippen molar-refractivity contribution < 1.29 is 14.3 Å². The summed E-state index contributed by atoms with van der Waals surface area (Å²) in [6, 6.07) is 13.1. The first kappa shape index (κ1) is 22.6. The number of carbonyl (C=O) groups is 2. The van der Waals surface area contributed by atoms with E-state index in [9.17, 15) is 9.59 Å². The van der Waals surface area contributed by atoms with Crippen LogP contribution in [0.2, 0.25) is 5.02 Å². The van der Waals surface area contributed by atoms with Crippen LogP contribution in [0.4, 0.5) is 11.4 Å². The Labute approximate surface area is 177 Å². The van der Waals surface area contributed by atoms with Crippen LogP contribution in [0.25, 0.3) is 0 Å². The third kappa shape index (κ3) is 6.68. The van der Waals surface area contributed by atoms with Crippen molar-refractivity contribution >= 4 is 35.3 Å². The van der Waals surface area contributed by atoms with Crippen LogP contribution in [0.1, 0.15) is 25.8 Å². The molecular weight excluding hydrogens is 390 g/mol. The smallest absolute Gasteiger partial charge is 0.262 e. The summed E-state index contributed by atoms with van der Waals surface area (Å²) in [7, 11) is 0. The van der Waals surface area contributed by atoms with E-state index in [0.29, 0.717) is 30.2 Å². The molecule has 1 unspecified atom stereocenters. The van der Waals surface area contributed by atoms with Crippen LogP contribution in [0.15, 0.2) is 42.5 Å². The van der Waals surface area contributed by atoms with Crippen LogP contribution in [0.3, 0.4) is 0 Å². The highest BCUT2D eigenvalue weighted by Gasteiger charge is 2.29. The molecule has 0 saturated heterocycles. The highest BCUT2D eigenvalue weighted by molar-refractivity contribution is 6.30. The maximum atomic E-state index is 12.1. The Bertz CT molecular complexity index is 829. The minimum Gasteiger partial charge on any atom is -0.477 e.